The van der Waals surface area contributed by atoms with Crippen molar-refractivity contribution in [3.8, 4) is 12.1 Å². The number of Topliss-reactive ketones (excluding diaryl/α,β-unsaturated/α-hetero) is 8. The molecule has 0 bridgehead atoms. The van der Waals surface area contributed by atoms with Crippen LogP contribution in [0.5, 0.6) is 0 Å². The first-order valence-corrected chi connectivity index (χ1v) is 60.1. The van der Waals surface area contributed by atoms with Crippen LogP contribution in [0.2, 0.25) is 0 Å². The number of hydrogen-bond donors (Lipinski definition) is 8. The molecule has 0 amide bonds. The Kier molecular flexibility index (Phi) is 39.4. The zero-order chi connectivity index (χ0) is 105. The van der Waals surface area contributed by atoms with Crippen molar-refractivity contribution in [1.29, 1.82) is 10.5 Å². The van der Waals surface area contributed by atoms with Gasteiger partial charge in [-0.3, -0.25) is 48.1 Å². The number of nitrogens with zero attached hydrogens (tertiary/aromatic N) is 5. The minimum atomic E-state index is -0.605. The maximum atomic E-state index is 13.7. The fourth-order valence-electron chi connectivity index (χ4n) is 40.3. The number of aromatic nitrogens is 4. The fourth-order valence-corrected chi connectivity index (χ4v) is 40.7. The smallest absolute Gasteiger partial charge is 0.157 e. The molecule has 40 atom stereocenters. The summed E-state index contributed by atoms with van der Waals surface area (Å²) in [6, 6.07) is 3.97. The standard InChI is InChI=1S/C26H35N3O3.C22H33BrO3.C22H36O3.C22H34O3.C22H34O2.C4H3N3.C2H7P.CH4O.5CH4/c1-24(32)8-9-25(2)17(10-24)4-5-18-19-6-7-20(26(19,3)11-21(30)23(18)25)22(31)15-29-14-16(12-27)13-28-29;1-20(26)8-9-21(2)13(10-20)4-5-14-15-6-7-16(18(25)12-23)22(15,3)11-17(24)19(14)21;2*1-13(23)16-7-8-17-15-6-5-14-11-20(2,25)9-10-21(14,3)19(15)18(24)12-22(16,17)4;1-5-14-7-9-17-16-8-6-15-12-20(2,24)10-11-21(15,3)19(16)18(23)13-22(14,17)4;5-1-4-2-6-7-3-4;1-3-2;1-2;;;;;/h13-14,17-20,23,32H,4-11,15H2,1-3H3;13-16,19,26H,4-12H2,1-3H3;13-17,19,23,25H,5-12H2,1-4H3;14-17,19,25H,5-12H2,1-4H3;5,15-17,19,24H,6-13H2,1-4H3;2-3H,(H,6,7);3H,1-2H3;2H,1H3;5*1H4/b;;;;14-5-;;;;;;;;/t17-,18-,19-,20+,23+,24+,25-,26-;13-,14-,15-,16+,19+,20+,21-,22-;13?,14-,15-,16+,17-,19+,20+,21-,22+;14-,15-,16+,17-,19+,20+,21-,22+;15-,16-,17-,19+,20+,21-,22+;;;;;;;;/m00000......../s1. The van der Waals surface area contributed by atoms with Crippen molar-refractivity contribution in [2.24, 2.45) is 196 Å². The maximum Gasteiger partial charge on any atom is 0.157 e. The molecule has 22 rings (SSSR count). The molecular weight excluding hydrogens is 1950 g/mol. The summed E-state index contributed by atoms with van der Waals surface area (Å²) in [6.07, 6.45) is 46.4. The number of nitriles is 2. The van der Waals surface area contributed by atoms with Gasteiger partial charge in [-0.15, -0.1) is 8.58 Å². The summed E-state index contributed by atoms with van der Waals surface area (Å²) in [7, 11) is 2.08. The van der Waals surface area contributed by atoms with Crippen LogP contribution in [0.25, 0.3) is 0 Å². The van der Waals surface area contributed by atoms with E-state index in [1.165, 1.54) is 50.1 Å². The van der Waals surface area contributed by atoms with E-state index in [1.54, 1.807) is 24.0 Å². The van der Waals surface area contributed by atoms with Gasteiger partial charge in [0.05, 0.1) is 69.5 Å². The molecule has 1 unspecified atom stereocenters. The van der Waals surface area contributed by atoms with Crippen molar-refractivity contribution in [2.45, 2.75) is 459 Å². The van der Waals surface area contributed by atoms with Gasteiger partial charge in [-0.05, 0) is 442 Å². The van der Waals surface area contributed by atoms with Crippen molar-refractivity contribution in [2.75, 3.05) is 25.8 Å². The number of carbonyl (C=O) groups excluding carboxylic acids is 8. The lowest BCUT2D eigenvalue weighted by Crippen LogP contribution is -2.59. The highest BCUT2D eigenvalue weighted by atomic mass is 79.9. The van der Waals surface area contributed by atoms with Crippen molar-refractivity contribution < 1.29 is 74.1 Å². The second kappa shape index (κ2) is 46.6. The molecular formula is C126H206BrN6O15P. The Morgan fingerprint density at radius 1 is 0.430 bits per heavy atom. The molecule has 2 aromatic rings. The summed E-state index contributed by atoms with van der Waals surface area (Å²) >= 11 is 3.36. The van der Waals surface area contributed by atoms with Crippen LogP contribution in [0, 0.1) is 219 Å². The van der Waals surface area contributed by atoms with Crippen LogP contribution < -0.4 is 0 Å². The molecule has 0 spiro atoms. The van der Waals surface area contributed by atoms with Crippen LogP contribution in [0.4, 0.5) is 0 Å². The Morgan fingerprint density at radius 3 is 1.03 bits per heavy atom. The fraction of sp³-hybridized carbons (Fsp3) is 0.857. The Bertz CT molecular complexity index is 5160. The predicted octanol–water partition coefficient (Wildman–Crippen LogP) is 25.5. The Hall–Kier alpha value is -4.87. The van der Waals surface area contributed by atoms with E-state index >= 15 is 0 Å². The number of rotatable bonds is 7. The van der Waals surface area contributed by atoms with Crippen molar-refractivity contribution in [3.63, 3.8) is 0 Å². The highest BCUT2D eigenvalue weighted by Gasteiger charge is 2.72. The molecule has 0 aliphatic heterocycles. The van der Waals surface area contributed by atoms with Gasteiger partial charge in [0.15, 0.2) is 5.78 Å². The number of halogens is 1. The number of nitrogens with one attached hydrogen (secondary N) is 1. The number of alkyl halides is 1. The molecule has 0 saturated heterocycles. The second-order valence-corrected chi connectivity index (χ2v) is 57.3. The van der Waals surface area contributed by atoms with Crippen molar-refractivity contribution in [3.05, 3.63) is 47.6 Å². The molecule has 0 radical (unpaired) electrons. The van der Waals surface area contributed by atoms with Crippen molar-refractivity contribution >= 4 is 70.8 Å². The molecule has 8 N–H and O–H groups in total. The van der Waals surface area contributed by atoms with E-state index in [0.29, 0.717) is 160 Å². The number of allylic oxidation sites excluding steroid dienone is 2. The lowest BCUT2D eigenvalue weighted by Gasteiger charge is -2.61. The molecule has 21 nitrogen and oxygen atoms in total. The molecule has 2 heterocycles. The Labute approximate surface area is 910 Å². The lowest BCUT2D eigenvalue weighted by atomic mass is 9.43. The van der Waals surface area contributed by atoms with Gasteiger partial charge in [0.25, 0.3) is 0 Å². The number of H-pyrrole nitrogens is 1. The normalized spacial score (nSPS) is 47.4. The second-order valence-electron chi connectivity index (χ2n) is 55.8. The molecule has 23 heteroatoms. The summed E-state index contributed by atoms with van der Waals surface area (Å²) < 4.78 is 1.56. The number of aliphatic hydroxyl groups is 7. The third-order valence-corrected chi connectivity index (χ3v) is 47.7. The minimum absolute atomic E-state index is 0. The summed E-state index contributed by atoms with van der Waals surface area (Å²) in [6.45, 7) is 43.1. The SMILES string of the molecule is C.C.C.C.C.C/C=C1/CC[C@H]2[C@@H]3CC[C@H]4C[C@](C)(O)CC[C@]4(C)[C@H]3C(=O)C[C@]12C.CC(=O)[C@H]1CC[C@H]2[C@@H]3CC[C@H]4C[C@](C)(O)CC[C@]4(C)[C@H]3C(=O)C[C@]12C.CC(O)[C@H]1CC[C@H]2[C@@H]3CC[C@H]4C[C@](C)(O)CC[C@]4(C)[C@H]3C(=O)C[C@]12C.CO.CPC.C[C@@]1(O)CC[C@@]2(C)[C@@H](CC[C@H]3[C@@H]4CC[C@H](C(=O)CBr)[C@@]4(C)CC(=O)[C@@H]32)C1.C[C@@]1(O)CC[C@@]2(C)[C@@H](CC[C@H]3[C@@H]4CC[C@H](C(=O)Cn5cc(C#N)cn5)[C@@]4(C)CC(=O)[C@@H]32)C1.N#Cc1cn[nH]c1. The molecule has 0 aromatic carbocycles. The zero-order valence-corrected chi connectivity index (χ0v) is 94.6. The topological polar surface area (TPSA) is 372 Å². The van der Waals surface area contributed by atoms with Gasteiger partial charge in [-0.25, -0.2) is 0 Å². The number of ketones is 8. The van der Waals surface area contributed by atoms with Crippen LogP contribution in [-0.2, 0) is 44.9 Å². The number of aromatic amines is 1. The van der Waals surface area contributed by atoms with E-state index < -0.39 is 28.0 Å². The van der Waals surface area contributed by atoms with Crippen molar-refractivity contribution in [1.82, 2.24) is 20.0 Å². The Morgan fingerprint density at radius 2 is 0.732 bits per heavy atom. The Balaban J connectivity index is 0.000000184. The molecule has 20 aliphatic carbocycles. The number of carbonyl (C=O) groups is 8. The highest BCUT2D eigenvalue weighted by molar-refractivity contribution is 9.09. The molecule has 842 valence electrons. The maximum absolute atomic E-state index is 13.7. The van der Waals surface area contributed by atoms with Gasteiger partial charge < -0.3 is 35.7 Å². The molecule has 20 saturated carbocycles. The van der Waals surface area contributed by atoms with E-state index in [0.717, 1.165) is 215 Å². The van der Waals surface area contributed by atoms with Crippen LogP contribution in [-0.4, -0.2) is 162 Å². The van der Waals surface area contributed by atoms with Crippen LogP contribution in [0.15, 0.2) is 36.4 Å². The van der Waals surface area contributed by atoms with Gasteiger partial charge in [-0.1, -0.05) is 134 Å². The summed E-state index contributed by atoms with van der Waals surface area (Å²) in [5, 5.41) is 98.0. The first-order chi connectivity index (χ1) is 67.4. The number of aliphatic hydroxyl groups excluding tert-OH is 2. The lowest BCUT2D eigenvalue weighted by molar-refractivity contribution is -0.169. The third-order valence-electron chi connectivity index (χ3n) is 47.1. The third kappa shape index (κ3) is 22.7. The monoisotopic (exact) mass is 2150 g/mol. The minimum Gasteiger partial charge on any atom is -0.400 e. The molecule has 149 heavy (non-hydrogen) atoms. The number of hydrogen-bond acceptors (Lipinski definition) is 19. The van der Waals surface area contributed by atoms with Gasteiger partial charge in [-0.2, -0.15) is 20.7 Å². The first-order valence-electron chi connectivity index (χ1n) is 57.0. The van der Waals surface area contributed by atoms with E-state index in [2.05, 4.69) is 133 Å². The van der Waals surface area contributed by atoms with Crippen LogP contribution in [0.1, 0.15) is 430 Å². The van der Waals surface area contributed by atoms with Gasteiger partial charge >= 0.3 is 0 Å². The van der Waals surface area contributed by atoms with Gasteiger partial charge in [0.2, 0.25) is 0 Å². The first kappa shape index (κ1) is 126. The summed E-state index contributed by atoms with van der Waals surface area (Å²) in [5.74, 6) is 11.5. The highest BCUT2D eigenvalue weighted by Crippen LogP contribution is 2.75. The zero-order valence-electron chi connectivity index (χ0n) is 92.0. The van der Waals surface area contributed by atoms with E-state index in [-0.39, 0.29) is 175 Å². The molecule has 20 aliphatic rings. The molecule has 2 aromatic heterocycles. The average molecular weight is 2160 g/mol. The number of fused-ring (bicyclic) bond motifs is 25. The van der Waals surface area contributed by atoms with Gasteiger partial charge in [0, 0.05) is 99.0 Å². The van der Waals surface area contributed by atoms with E-state index in [1.807, 2.05) is 47.6 Å². The average Bonchev–Trinajstić information content (AvgIpc) is 1.68. The van der Waals surface area contributed by atoms with Gasteiger partial charge in [0.1, 0.15) is 52.6 Å². The predicted molar refractivity (Wildman–Crippen MR) is 600 cm³/mol. The quantitative estimate of drug-likeness (QED) is 0.0725. The van der Waals surface area contributed by atoms with Crippen LogP contribution in [0.3, 0.4) is 0 Å². The van der Waals surface area contributed by atoms with E-state index in [4.69, 9.17) is 15.6 Å². The van der Waals surface area contributed by atoms with E-state index in [9.17, 15) is 69.0 Å². The molecule has 20 fully saturated rings. The summed E-state index contributed by atoms with van der Waals surface area (Å²) in [5.41, 5.74) is -0.328. The largest absolute Gasteiger partial charge is 0.400 e. The van der Waals surface area contributed by atoms with Crippen LogP contribution >= 0.6 is 24.5 Å². The summed E-state index contributed by atoms with van der Waals surface area (Å²) in [4.78, 5) is 105.